The summed E-state index contributed by atoms with van der Waals surface area (Å²) in [5.41, 5.74) is -0.785. The Hall–Kier alpha value is -0.850. The Morgan fingerprint density at radius 2 is 1.86 bits per heavy atom. The molecule has 0 spiro atoms. The zero-order valence-electron chi connectivity index (χ0n) is 14.7. The number of piperidine rings is 1. The van der Waals surface area contributed by atoms with E-state index in [-0.39, 0.29) is 12.1 Å². The second kappa shape index (κ2) is 9.33. The summed E-state index contributed by atoms with van der Waals surface area (Å²) in [4.78, 5) is 16.6. The quantitative estimate of drug-likeness (QED) is 0.622. The van der Waals surface area contributed by atoms with Crippen molar-refractivity contribution in [2.24, 2.45) is 0 Å². The van der Waals surface area contributed by atoms with Crippen molar-refractivity contribution in [3.05, 3.63) is 0 Å². The molecule has 6 heteroatoms. The molecule has 0 saturated carbocycles. The number of nitrogens with one attached hydrogen (secondary N) is 2. The molecule has 130 valence electrons. The molecule has 1 aliphatic rings. The number of urea groups is 1. The minimum Gasteiger partial charge on any atom is -0.388 e. The highest BCUT2D eigenvalue weighted by Gasteiger charge is 2.24. The first kappa shape index (κ1) is 19.2. The van der Waals surface area contributed by atoms with Gasteiger partial charge in [-0.3, -0.25) is 0 Å². The van der Waals surface area contributed by atoms with Gasteiger partial charge in [0.2, 0.25) is 0 Å². The Morgan fingerprint density at radius 1 is 1.27 bits per heavy atom. The number of carbonyl (C=O) groups is 1. The van der Waals surface area contributed by atoms with E-state index in [1.54, 1.807) is 0 Å². The molecule has 1 fully saturated rings. The molecule has 0 atom stereocenters. The van der Waals surface area contributed by atoms with Gasteiger partial charge >= 0.3 is 6.03 Å². The first-order valence-electron chi connectivity index (χ1n) is 8.52. The van der Waals surface area contributed by atoms with Crippen LogP contribution in [0.3, 0.4) is 0 Å². The number of rotatable bonds is 8. The molecule has 0 aliphatic carbocycles. The van der Waals surface area contributed by atoms with E-state index in [4.69, 9.17) is 0 Å². The molecule has 3 N–H and O–H groups in total. The number of aliphatic hydroxyl groups is 1. The van der Waals surface area contributed by atoms with Crippen molar-refractivity contribution < 1.29 is 9.90 Å². The van der Waals surface area contributed by atoms with Gasteiger partial charge in [-0.1, -0.05) is 13.8 Å². The maximum atomic E-state index is 11.9. The van der Waals surface area contributed by atoms with Gasteiger partial charge in [0.15, 0.2) is 0 Å². The molecule has 22 heavy (non-hydrogen) atoms. The van der Waals surface area contributed by atoms with Crippen molar-refractivity contribution in [1.82, 2.24) is 20.4 Å². The fourth-order valence-electron chi connectivity index (χ4n) is 2.62. The van der Waals surface area contributed by atoms with Crippen LogP contribution in [-0.2, 0) is 0 Å². The molecule has 0 aromatic heterocycles. The first-order chi connectivity index (χ1) is 10.4. The summed E-state index contributed by atoms with van der Waals surface area (Å²) in [6.45, 7) is 8.42. The normalized spacial score (nSPS) is 17.7. The highest BCUT2D eigenvalue weighted by molar-refractivity contribution is 5.74. The predicted octanol–water partition coefficient (Wildman–Crippen LogP) is 0.863. The maximum absolute atomic E-state index is 11.9. The zero-order valence-corrected chi connectivity index (χ0v) is 14.7. The minimum atomic E-state index is -0.785. The minimum absolute atomic E-state index is 0.160. The largest absolute Gasteiger partial charge is 0.388 e. The van der Waals surface area contributed by atoms with Crippen LogP contribution in [0.5, 0.6) is 0 Å². The number of hydrogen-bond donors (Lipinski definition) is 3. The van der Waals surface area contributed by atoms with Crippen LogP contribution in [-0.4, -0.2) is 79.4 Å². The second-order valence-corrected chi connectivity index (χ2v) is 6.68. The van der Waals surface area contributed by atoms with Crippen LogP contribution in [0.1, 0.15) is 39.5 Å². The van der Waals surface area contributed by atoms with Gasteiger partial charge in [-0.2, -0.15) is 0 Å². The molecule has 2 amide bonds. The van der Waals surface area contributed by atoms with Gasteiger partial charge in [0.05, 0.1) is 5.60 Å². The SMILES string of the molecule is CCC(O)(CC)CNC(=O)NC1CCN(CCN(C)C)CC1. The fraction of sp³-hybridized carbons (Fsp3) is 0.938. The highest BCUT2D eigenvalue weighted by atomic mass is 16.3. The summed E-state index contributed by atoms with van der Waals surface area (Å²) in [5, 5.41) is 16.0. The molecule has 1 aliphatic heterocycles. The number of hydrogen-bond acceptors (Lipinski definition) is 4. The van der Waals surface area contributed by atoms with Crippen LogP contribution in [0.2, 0.25) is 0 Å². The molecular formula is C16H34N4O2. The Labute approximate surface area is 135 Å². The van der Waals surface area contributed by atoms with E-state index in [0.29, 0.717) is 19.4 Å². The molecule has 0 bridgehead atoms. The van der Waals surface area contributed by atoms with E-state index >= 15 is 0 Å². The van der Waals surface area contributed by atoms with E-state index in [0.717, 1.165) is 39.0 Å². The van der Waals surface area contributed by atoms with Crippen LogP contribution < -0.4 is 10.6 Å². The lowest BCUT2D eigenvalue weighted by atomic mass is 9.98. The molecule has 1 rings (SSSR count). The van der Waals surface area contributed by atoms with Gasteiger partial charge in [0.25, 0.3) is 0 Å². The molecule has 0 unspecified atom stereocenters. The number of likely N-dealkylation sites (tertiary alicyclic amines) is 1. The molecule has 0 radical (unpaired) electrons. The molecule has 0 aromatic carbocycles. The van der Waals surface area contributed by atoms with Crippen molar-refractivity contribution >= 4 is 6.03 Å². The van der Waals surface area contributed by atoms with Crippen LogP contribution in [0.4, 0.5) is 4.79 Å². The van der Waals surface area contributed by atoms with Gasteiger partial charge in [-0.25, -0.2) is 4.79 Å². The van der Waals surface area contributed by atoms with E-state index < -0.39 is 5.60 Å². The van der Waals surface area contributed by atoms with Gasteiger partial charge in [0, 0.05) is 38.8 Å². The van der Waals surface area contributed by atoms with Crippen LogP contribution >= 0.6 is 0 Å². The Balaban J connectivity index is 2.22. The van der Waals surface area contributed by atoms with E-state index in [2.05, 4.69) is 34.5 Å². The third-order valence-corrected chi connectivity index (χ3v) is 4.68. The average molecular weight is 314 g/mol. The zero-order chi connectivity index (χ0) is 16.6. The summed E-state index contributed by atoms with van der Waals surface area (Å²) >= 11 is 0. The topological polar surface area (TPSA) is 67.8 Å². The lowest BCUT2D eigenvalue weighted by Crippen LogP contribution is -2.51. The second-order valence-electron chi connectivity index (χ2n) is 6.68. The van der Waals surface area contributed by atoms with E-state index in [9.17, 15) is 9.90 Å². The molecule has 0 aromatic rings. The standard InChI is InChI=1S/C16H34N4O2/c1-5-16(22,6-2)13-17-15(21)18-14-7-9-20(10-8-14)12-11-19(3)4/h14,22H,5-13H2,1-4H3,(H2,17,18,21). The molecule has 1 saturated heterocycles. The number of likely N-dealkylation sites (N-methyl/N-ethyl adjacent to an activating group) is 1. The number of amides is 2. The fourth-order valence-corrected chi connectivity index (χ4v) is 2.62. The summed E-state index contributed by atoms with van der Waals surface area (Å²) in [6, 6.07) is 0.0824. The number of nitrogens with zero attached hydrogens (tertiary/aromatic N) is 2. The molecular weight excluding hydrogens is 280 g/mol. The summed E-state index contributed by atoms with van der Waals surface area (Å²) in [5.74, 6) is 0. The van der Waals surface area contributed by atoms with Gasteiger partial charge in [-0.05, 0) is 39.8 Å². The van der Waals surface area contributed by atoms with E-state index in [1.807, 2.05) is 13.8 Å². The Morgan fingerprint density at radius 3 is 2.36 bits per heavy atom. The monoisotopic (exact) mass is 314 g/mol. The maximum Gasteiger partial charge on any atom is 0.315 e. The van der Waals surface area contributed by atoms with Crippen LogP contribution in [0.25, 0.3) is 0 Å². The van der Waals surface area contributed by atoms with Crippen molar-refractivity contribution in [1.29, 1.82) is 0 Å². The summed E-state index contributed by atoms with van der Waals surface area (Å²) in [7, 11) is 4.18. The molecule has 6 nitrogen and oxygen atoms in total. The van der Waals surface area contributed by atoms with Crippen LogP contribution in [0.15, 0.2) is 0 Å². The van der Waals surface area contributed by atoms with E-state index in [1.165, 1.54) is 0 Å². The first-order valence-corrected chi connectivity index (χ1v) is 8.52. The third kappa shape index (κ3) is 6.94. The average Bonchev–Trinajstić information content (AvgIpc) is 2.52. The highest BCUT2D eigenvalue weighted by Crippen LogP contribution is 2.13. The lowest BCUT2D eigenvalue weighted by Gasteiger charge is -2.33. The van der Waals surface area contributed by atoms with Crippen molar-refractivity contribution in [3.8, 4) is 0 Å². The van der Waals surface area contributed by atoms with Crippen molar-refractivity contribution in [2.75, 3.05) is 46.8 Å². The smallest absolute Gasteiger partial charge is 0.315 e. The van der Waals surface area contributed by atoms with Gasteiger partial charge in [-0.15, -0.1) is 0 Å². The summed E-state index contributed by atoms with van der Waals surface area (Å²) < 4.78 is 0. The third-order valence-electron chi connectivity index (χ3n) is 4.68. The Bertz CT molecular complexity index is 324. The van der Waals surface area contributed by atoms with Crippen molar-refractivity contribution in [3.63, 3.8) is 0 Å². The van der Waals surface area contributed by atoms with Crippen LogP contribution in [0, 0.1) is 0 Å². The van der Waals surface area contributed by atoms with Gasteiger partial charge in [0.1, 0.15) is 0 Å². The predicted molar refractivity (Wildman–Crippen MR) is 90.1 cm³/mol. The lowest BCUT2D eigenvalue weighted by molar-refractivity contribution is 0.0347. The molecule has 1 heterocycles. The summed E-state index contributed by atoms with van der Waals surface area (Å²) in [6.07, 6.45) is 3.28. The number of carbonyl (C=O) groups excluding carboxylic acids is 1. The Kier molecular flexibility index (Phi) is 8.14. The van der Waals surface area contributed by atoms with Crippen molar-refractivity contribution in [2.45, 2.75) is 51.2 Å². The van der Waals surface area contributed by atoms with Gasteiger partial charge < -0.3 is 25.5 Å².